The molecule has 17 heavy (non-hydrogen) atoms. The van der Waals surface area contributed by atoms with Crippen LogP contribution in [0.3, 0.4) is 0 Å². The molecule has 2 aromatic rings. The number of hydrogen-bond acceptors (Lipinski definition) is 2. The molecule has 2 rings (SSSR count). The molecule has 1 heterocycles. The third kappa shape index (κ3) is 2.94. The van der Waals surface area contributed by atoms with Crippen LogP contribution in [0.5, 0.6) is 0 Å². The molecular weight excluding hydrogens is 210 g/mol. The molecule has 0 bridgehead atoms. The van der Waals surface area contributed by atoms with Crippen LogP contribution in [-0.4, -0.2) is 9.55 Å². The summed E-state index contributed by atoms with van der Waals surface area (Å²) in [5.41, 5.74) is 2.61. The van der Waals surface area contributed by atoms with Gasteiger partial charge in [0.25, 0.3) is 0 Å². The van der Waals surface area contributed by atoms with Gasteiger partial charge in [0.15, 0.2) is 0 Å². The van der Waals surface area contributed by atoms with E-state index in [2.05, 4.69) is 48.4 Å². The highest BCUT2D eigenvalue weighted by Crippen LogP contribution is 2.13. The largest absolute Gasteiger partial charge is 0.337 e. The number of hydrogen-bond donors (Lipinski definition) is 1. The highest BCUT2D eigenvalue weighted by molar-refractivity contribution is 5.23. The van der Waals surface area contributed by atoms with Crippen molar-refractivity contribution >= 4 is 0 Å². The maximum Gasteiger partial charge on any atom is 0.122 e. The fourth-order valence-electron chi connectivity index (χ4n) is 1.78. The summed E-state index contributed by atoms with van der Waals surface area (Å²) in [6, 6.07) is 8.98. The zero-order valence-corrected chi connectivity index (χ0v) is 10.6. The lowest BCUT2D eigenvalue weighted by atomic mass is 10.1. The molecule has 0 saturated carbocycles. The fourth-order valence-corrected chi connectivity index (χ4v) is 1.78. The summed E-state index contributed by atoms with van der Waals surface area (Å²) in [4.78, 5) is 4.30. The minimum atomic E-state index is 0.340. The number of rotatable bonds is 4. The Bertz CT molecular complexity index is 470. The summed E-state index contributed by atoms with van der Waals surface area (Å²) < 4.78 is 2.04. The van der Waals surface area contributed by atoms with Gasteiger partial charge in [0.05, 0.1) is 6.54 Å². The first-order valence-electron chi connectivity index (χ1n) is 5.93. The van der Waals surface area contributed by atoms with Crippen LogP contribution in [0.15, 0.2) is 36.7 Å². The van der Waals surface area contributed by atoms with Crippen molar-refractivity contribution in [3.8, 4) is 0 Å². The number of aryl methyl sites for hydroxylation is 2. The van der Waals surface area contributed by atoms with E-state index >= 15 is 0 Å². The zero-order valence-electron chi connectivity index (χ0n) is 10.6. The van der Waals surface area contributed by atoms with Gasteiger partial charge in [-0.05, 0) is 19.4 Å². The Morgan fingerprint density at radius 3 is 2.59 bits per heavy atom. The third-order valence-corrected chi connectivity index (χ3v) is 3.06. The van der Waals surface area contributed by atoms with Crippen LogP contribution < -0.4 is 5.32 Å². The van der Waals surface area contributed by atoms with Crippen molar-refractivity contribution in [1.29, 1.82) is 0 Å². The van der Waals surface area contributed by atoms with Crippen molar-refractivity contribution in [1.82, 2.24) is 14.9 Å². The Kier molecular flexibility index (Phi) is 3.59. The zero-order chi connectivity index (χ0) is 12.3. The van der Waals surface area contributed by atoms with E-state index in [1.165, 1.54) is 11.1 Å². The van der Waals surface area contributed by atoms with E-state index in [1.807, 2.05) is 24.0 Å². The van der Waals surface area contributed by atoms with Gasteiger partial charge in [0.1, 0.15) is 5.82 Å². The Labute approximate surface area is 103 Å². The van der Waals surface area contributed by atoms with Crippen LogP contribution in [-0.2, 0) is 13.6 Å². The second kappa shape index (κ2) is 5.15. The van der Waals surface area contributed by atoms with Crippen molar-refractivity contribution in [2.24, 2.45) is 7.05 Å². The Morgan fingerprint density at radius 1 is 1.29 bits per heavy atom. The number of nitrogens with zero attached hydrogens (tertiary/aromatic N) is 2. The highest BCUT2D eigenvalue weighted by atomic mass is 15.1. The van der Waals surface area contributed by atoms with Gasteiger partial charge in [-0.3, -0.25) is 0 Å². The molecule has 1 aromatic heterocycles. The minimum Gasteiger partial charge on any atom is -0.337 e. The van der Waals surface area contributed by atoms with Gasteiger partial charge >= 0.3 is 0 Å². The molecule has 1 atom stereocenters. The number of imidazole rings is 1. The van der Waals surface area contributed by atoms with Crippen LogP contribution in [0, 0.1) is 6.92 Å². The number of aromatic nitrogens is 2. The lowest BCUT2D eigenvalue weighted by molar-refractivity contribution is 0.549. The Morgan fingerprint density at radius 2 is 2.00 bits per heavy atom. The number of benzene rings is 1. The van der Waals surface area contributed by atoms with Crippen LogP contribution in [0.4, 0.5) is 0 Å². The van der Waals surface area contributed by atoms with Crippen molar-refractivity contribution in [3.05, 3.63) is 53.6 Å². The van der Waals surface area contributed by atoms with Crippen LogP contribution >= 0.6 is 0 Å². The normalized spacial score (nSPS) is 12.6. The summed E-state index contributed by atoms with van der Waals surface area (Å²) in [5.74, 6) is 1.06. The lowest BCUT2D eigenvalue weighted by Gasteiger charge is -2.14. The molecule has 0 aliphatic rings. The summed E-state index contributed by atoms with van der Waals surface area (Å²) in [6.07, 6.45) is 3.79. The Balaban J connectivity index is 1.95. The van der Waals surface area contributed by atoms with Crippen LogP contribution in [0.2, 0.25) is 0 Å². The predicted molar refractivity (Wildman–Crippen MR) is 69.6 cm³/mol. The molecule has 0 aliphatic heterocycles. The van der Waals surface area contributed by atoms with E-state index < -0.39 is 0 Å². The first-order chi connectivity index (χ1) is 8.16. The SMILES string of the molecule is Cc1ccc([C@H](C)NCc2nccn2C)cc1. The highest BCUT2D eigenvalue weighted by Gasteiger charge is 2.06. The molecule has 0 saturated heterocycles. The molecule has 1 N–H and O–H groups in total. The van der Waals surface area contributed by atoms with Crippen molar-refractivity contribution < 1.29 is 0 Å². The van der Waals surface area contributed by atoms with E-state index in [0.717, 1.165) is 12.4 Å². The fraction of sp³-hybridized carbons (Fsp3) is 0.357. The summed E-state index contributed by atoms with van der Waals surface area (Å²) >= 11 is 0. The average Bonchev–Trinajstić information content (AvgIpc) is 2.73. The average molecular weight is 229 g/mol. The monoisotopic (exact) mass is 229 g/mol. The van der Waals surface area contributed by atoms with Gasteiger partial charge in [0, 0.05) is 25.5 Å². The topological polar surface area (TPSA) is 29.9 Å². The lowest BCUT2D eigenvalue weighted by Crippen LogP contribution is -2.20. The molecule has 3 heteroatoms. The number of nitrogens with one attached hydrogen (secondary N) is 1. The van der Waals surface area contributed by atoms with Crippen molar-refractivity contribution in [2.75, 3.05) is 0 Å². The smallest absolute Gasteiger partial charge is 0.122 e. The van der Waals surface area contributed by atoms with Crippen LogP contribution in [0.1, 0.15) is 29.9 Å². The third-order valence-electron chi connectivity index (χ3n) is 3.06. The van der Waals surface area contributed by atoms with E-state index in [9.17, 15) is 0 Å². The molecule has 0 radical (unpaired) electrons. The molecule has 90 valence electrons. The quantitative estimate of drug-likeness (QED) is 0.873. The van der Waals surface area contributed by atoms with E-state index in [1.54, 1.807) is 0 Å². The molecule has 3 nitrogen and oxygen atoms in total. The van der Waals surface area contributed by atoms with Gasteiger partial charge in [-0.2, -0.15) is 0 Å². The molecule has 0 unspecified atom stereocenters. The van der Waals surface area contributed by atoms with E-state index in [0.29, 0.717) is 6.04 Å². The van der Waals surface area contributed by atoms with E-state index in [-0.39, 0.29) is 0 Å². The summed E-state index contributed by atoms with van der Waals surface area (Å²) in [5, 5.41) is 3.48. The van der Waals surface area contributed by atoms with Gasteiger partial charge in [-0.1, -0.05) is 29.8 Å². The maximum atomic E-state index is 4.30. The first kappa shape index (κ1) is 11.9. The maximum absolute atomic E-state index is 4.30. The molecular formula is C14H19N3. The summed E-state index contributed by atoms with van der Waals surface area (Å²) in [6.45, 7) is 5.07. The Hall–Kier alpha value is -1.61. The van der Waals surface area contributed by atoms with Crippen LogP contribution in [0.25, 0.3) is 0 Å². The second-order valence-electron chi connectivity index (χ2n) is 4.47. The minimum absolute atomic E-state index is 0.340. The first-order valence-corrected chi connectivity index (χ1v) is 5.93. The molecule has 0 amide bonds. The van der Waals surface area contributed by atoms with E-state index in [4.69, 9.17) is 0 Å². The molecule has 0 aliphatic carbocycles. The standard InChI is InChI=1S/C14H19N3/c1-11-4-6-13(7-5-11)12(2)16-10-14-15-8-9-17(14)3/h4-9,12,16H,10H2,1-3H3/t12-/m0/s1. The van der Waals surface area contributed by atoms with Gasteiger partial charge in [-0.15, -0.1) is 0 Å². The summed E-state index contributed by atoms with van der Waals surface area (Å²) in [7, 11) is 2.01. The molecule has 0 fully saturated rings. The van der Waals surface area contributed by atoms with Gasteiger partial charge < -0.3 is 9.88 Å². The second-order valence-corrected chi connectivity index (χ2v) is 4.47. The van der Waals surface area contributed by atoms with Crippen molar-refractivity contribution in [3.63, 3.8) is 0 Å². The van der Waals surface area contributed by atoms with Crippen molar-refractivity contribution in [2.45, 2.75) is 26.4 Å². The van der Waals surface area contributed by atoms with Gasteiger partial charge in [0.2, 0.25) is 0 Å². The molecule has 1 aromatic carbocycles. The predicted octanol–water partition coefficient (Wildman–Crippen LogP) is 2.58. The van der Waals surface area contributed by atoms with Gasteiger partial charge in [-0.25, -0.2) is 4.98 Å². The molecule has 0 spiro atoms.